The Balaban J connectivity index is 1.88. The third-order valence-corrected chi connectivity index (χ3v) is 5.18. The quantitative estimate of drug-likeness (QED) is 0.508. The second-order valence-electron chi connectivity index (χ2n) is 5.90. The van der Waals surface area contributed by atoms with Gasteiger partial charge >= 0.3 is 0 Å². The Morgan fingerprint density at radius 1 is 1.00 bits per heavy atom. The summed E-state index contributed by atoms with van der Waals surface area (Å²) in [4.78, 5) is 13.5. The lowest BCUT2D eigenvalue weighted by Crippen LogP contribution is -2.19. The van der Waals surface area contributed by atoms with Gasteiger partial charge in [0, 0.05) is 4.90 Å². The maximum absolute atomic E-state index is 13.6. The van der Waals surface area contributed by atoms with Gasteiger partial charge in [-0.15, -0.1) is 11.8 Å². The van der Waals surface area contributed by atoms with E-state index in [2.05, 4.69) is 5.32 Å². The van der Waals surface area contributed by atoms with E-state index in [9.17, 15) is 13.6 Å². The summed E-state index contributed by atoms with van der Waals surface area (Å²) in [6.45, 7) is 2.34. The van der Waals surface area contributed by atoms with Gasteiger partial charge in [0.15, 0.2) is 11.6 Å². The first-order valence-electron chi connectivity index (χ1n) is 8.78. The van der Waals surface area contributed by atoms with E-state index in [1.165, 1.54) is 6.07 Å². The van der Waals surface area contributed by atoms with Crippen LogP contribution >= 0.6 is 11.8 Å². The van der Waals surface area contributed by atoms with Gasteiger partial charge < -0.3 is 10.1 Å². The van der Waals surface area contributed by atoms with Crippen LogP contribution in [0.2, 0.25) is 0 Å². The third-order valence-electron chi connectivity index (χ3n) is 3.93. The number of hydrogen-bond acceptors (Lipinski definition) is 3. The molecule has 0 unspecified atom stereocenters. The van der Waals surface area contributed by atoms with E-state index >= 15 is 0 Å². The van der Waals surface area contributed by atoms with Gasteiger partial charge in [-0.2, -0.15) is 0 Å². The summed E-state index contributed by atoms with van der Waals surface area (Å²) in [5.74, 6) is -1.58. The van der Waals surface area contributed by atoms with E-state index in [-0.39, 0.29) is 5.91 Å². The van der Waals surface area contributed by atoms with E-state index in [4.69, 9.17) is 4.74 Å². The second-order valence-corrected chi connectivity index (χ2v) is 7.08. The van der Waals surface area contributed by atoms with Gasteiger partial charge in [-0.1, -0.05) is 42.5 Å². The SMILES string of the molecule is CCOc1ccccc1NC(=O)[C@@H](Sc1ccc(F)c(F)c1)c1ccccc1. The maximum atomic E-state index is 13.6. The van der Waals surface area contributed by atoms with E-state index in [1.807, 2.05) is 43.3 Å². The number of amides is 1. The number of hydrogen-bond donors (Lipinski definition) is 1. The van der Waals surface area contributed by atoms with E-state index in [0.29, 0.717) is 22.9 Å². The van der Waals surface area contributed by atoms with Crippen LogP contribution in [0.3, 0.4) is 0 Å². The molecule has 0 aromatic heterocycles. The van der Waals surface area contributed by atoms with Gasteiger partial charge in [-0.3, -0.25) is 4.79 Å². The summed E-state index contributed by atoms with van der Waals surface area (Å²) in [6, 6.07) is 19.9. The zero-order chi connectivity index (χ0) is 19.9. The fourth-order valence-corrected chi connectivity index (χ4v) is 3.69. The van der Waals surface area contributed by atoms with Gasteiger partial charge in [0.25, 0.3) is 0 Å². The molecule has 0 spiro atoms. The van der Waals surface area contributed by atoms with Crippen molar-refractivity contribution >= 4 is 23.4 Å². The molecule has 0 saturated carbocycles. The van der Waals surface area contributed by atoms with Crippen LogP contribution < -0.4 is 10.1 Å². The minimum absolute atomic E-state index is 0.284. The predicted molar refractivity (Wildman–Crippen MR) is 108 cm³/mol. The first-order valence-corrected chi connectivity index (χ1v) is 9.65. The highest BCUT2D eigenvalue weighted by molar-refractivity contribution is 8.00. The van der Waals surface area contributed by atoms with Crippen molar-refractivity contribution in [1.82, 2.24) is 0 Å². The summed E-state index contributed by atoms with van der Waals surface area (Å²) in [6.07, 6.45) is 0. The Labute approximate surface area is 166 Å². The molecule has 3 nitrogen and oxygen atoms in total. The molecule has 0 aliphatic rings. The Morgan fingerprint density at radius 2 is 1.71 bits per heavy atom. The van der Waals surface area contributed by atoms with E-state index in [1.54, 1.807) is 18.2 Å². The second kappa shape index (κ2) is 9.37. The fraction of sp³-hybridized carbons (Fsp3) is 0.136. The molecule has 1 amide bonds. The standard InChI is InChI=1S/C22H19F2NO2S/c1-2-27-20-11-7-6-10-19(20)25-22(26)21(15-8-4-3-5-9-15)28-16-12-13-17(23)18(24)14-16/h3-14,21H,2H2,1H3,(H,25,26)/t21-/m0/s1. The zero-order valence-electron chi connectivity index (χ0n) is 15.2. The van der Waals surface area contributed by atoms with Crippen LogP contribution in [0, 0.1) is 11.6 Å². The molecule has 1 N–H and O–H groups in total. The van der Waals surface area contributed by atoms with Gasteiger partial charge in [0.2, 0.25) is 5.91 Å². The number of halogens is 2. The fourth-order valence-electron chi connectivity index (χ4n) is 2.64. The van der Waals surface area contributed by atoms with Crippen molar-refractivity contribution in [3.8, 4) is 5.75 Å². The third kappa shape index (κ3) is 4.89. The smallest absolute Gasteiger partial charge is 0.242 e. The molecule has 3 aromatic carbocycles. The first-order chi connectivity index (χ1) is 13.6. The van der Waals surface area contributed by atoms with E-state index < -0.39 is 16.9 Å². The van der Waals surface area contributed by atoms with Crippen LogP contribution in [0.4, 0.5) is 14.5 Å². The lowest BCUT2D eigenvalue weighted by Gasteiger charge is -2.18. The summed E-state index contributed by atoms with van der Waals surface area (Å²) in [5.41, 5.74) is 1.31. The van der Waals surface area contributed by atoms with Gasteiger partial charge in [0.1, 0.15) is 11.0 Å². The maximum Gasteiger partial charge on any atom is 0.242 e. The number of benzene rings is 3. The highest BCUT2D eigenvalue weighted by Crippen LogP contribution is 2.37. The van der Waals surface area contributed by atoms with Gasteiger partial charge in [-0.05, 0) is 42.8 Å². The van der Waals surface area contributed by atoms with Crippen molar-refractivity contribution in [2.45, 2.75) is 17.1 Å². The van der Waals surface area contributed by atoms with Gasteiger partial charge in [-0.25, -0.2) is 8.78 Å². The van der Waals surface area contributed by atoms with Crippen LogP contribution in [0.25, 0.3) is 0 Å². The lowest BCUT2D eigenvalue weighted by molar-refractivity contribution is -0.115. The molecule has 6 heteroatoms. The molecule has 0 radical (unpaired) electrons. The molecule has 0 saturated heterocycles. The number of thioether (sulfide) groups is 1. The molecular formula is C22H19F2NO2S. The number of carbonyl (C=O) groups excluding carboxylic acids is 1. The van der Waals surface area contributed by atoms with Crippen molar-refractivity contribution in [2.75, 3.05) is 11.9 Å². The molecular weight excluding hydrogens is 380 g/mol. The normalized spacial score (nSPS) is 11.7. The highest BCUT2D eigenvalue weighted by atomic mass is 32.2. The van der Waals surface area contributed by atoms with Crippen molar-refractivity contribution in [2.24, 2.45) is 0 Å². The molecule has 0 bridgehead atoms. The monoisotopic (exact) mass is 399 g/mol. The van der Waals surface area contributed by atoms with Crippen molar-refractivity contribution in [1.29, 1.82) is 0 Å². The number of nitrogens with one attached hydrogen (secondary N) is 1. The van der Waals surface area contributed by atoms with Crippen LogP contribution in [0.15, 0.2) is 77.7 Å². The van der Waals surface area contributed by atoms with Gasteiger partial charge in [0.05, 0.1) is 12.3 Å². The summed E-state index contributed by atoms with van der Waals surface area (Å²) < 4.78 is 32.4. The molecule has 144 valence electrons. The molecule has 28 heavy (non-hydrogen) atoms. The Hall–Kier alpha value is -2.86. The van der Waals surface area contributed by atoms with Crippen LogP contribution in [-0.2, 0) is 4.79 Å². The molecule has 0 heterocycles. The molecule has 0 aliphatic carbocycles. The molecule has 3 rings (SSSR count). The Morgan fingerprint density at radius 3 is 2.43 bits per heavy atom. The van der Waals surface area contributed by atoms with E-state index in [0.717, 1.165) is 29.5 Å². The largest absolute Gasteiger partial charge is 0.492 e. The molecule has 0 fully saturated rings. The predicted octanol–water partition coefficient (Wildman–Crippen LogP) is 5.84. The lowest BCUT2D eigenvalue weighted by atomic mass is 10.1. The molecule has 3 aromatic rings. The number of ether oxygens (including phenoxy) is 1. The number of rotatable bonds is 7. The summed E-state index contributed by atoms with van der Waals surface area (Å²) in [5, 5.41) is 2.24. The Bertz CT molecular complexity index is 950. The first kappa shape index (κ1) is 19.9. The highest BCUT2D eigenvalue weighted by Gasteiger charge is 2.23. The average molecular weight is 399 g/mol. The number of carbonyl (C=O) groups is 1. The zero-order valence-corrected chi connectivity index (χ0v) is 16.0. The van der Waals surface area contributed by atoms with Crippen LogP contribution in [0.1, 0.15) is 17.7 Å². The Kier molecular flexibility index (Phi) is 6.66. The summed E-state index contributed by atoms with van der Waals surface area (Å²) in [7, 11) is 0. The molecule has 0 aliphatic heterocycles. The average Bonchev–Trinajstić information content (AvgIpc) is 2.71. The van der Waals surface area contributed by atoms with Crippen molar-refractivity contribution in [3.63, 3.8) is 0 Å². The minimum Gasteiger partial charge on any atom is -0.492 e. The molecule has 1 atom stereocenters. The van der Waals surface area contributed by atoms with Crippen LogP contribution in [-0.4, -0.2) is 12.5 Å². The topological polar surface area (TPSA) is 38.3 Å². The van der Waals surface area contributed by atoms with Crippen molar-refractivity contribution < 1.29 is 18.3 Å². The number of para-hydroxylation sites is 2. The van der Waals surface area contributed by atoms with Crippen LogP contribution in [0.5, 0.6) is 5.75 Å². The minimum atomic E-state index is -0.945. The van der Waals surface area contributed by atoms with Crippen molar-refractivity contribution in [3.05, 3.63) is 90.0 Å². The number of anilines is 1. The summed E-state index contributed by atoms with van der Waals surface area (Å²) >= 11 is 1.15.